The molecule has 0 aliphatic heterocycles. The van der Waals surface area contributed by atoms with Crippen LogP contribution >= 0.6 is 22.6 Å². The van der Waals surface area contributed by atoms with Crippen LogP contribution in [0.3, 0.4) is 0 Å². The van der Waals surface area contributed by atoms with Crippen molar-refractivity contribution in [2.45, 2.75) is 12.8 Å². The number of hydrogen-bond donors (Lipinski definition) is 1. The van der Waals surface area contributed by atoms with E-state index in [-0.39, 0.29) is 0 Å². The zero-order valence-corrected chi connectivity index (χ0v) is 6.68. The zero-order chi connectivity index (χ0) is 5.98. The van der Waals surface area contributed by atoms with E-state index in [1.807, 2.05) is 0 Å². The van der Waals surface area contributed by atoms with E-state index in [9.17, 15) is 0 Å². The van der Waals surface area contributed by atoms with Gasteiger partial charge in [-0.05, 0) is 35.4 Å². The quantitative estimate of drug-likeness (QED) is 0.621. The second-order valence-electron chi connectivity index (χ2n) is 1.79. The first-order chi connectivity index (χ1) is 3.80. The van der Waals surface area contributed by atoms with Crippen molar-refractivity contribution < 1.29 is 0 Å². The fraction of sp³-hybridized carbons (Fsp3) is 0.333. The summed E-state index contributed by atoms with van der Waals surface area (Å²) in [6.07, 6.45) is 6.50. The number of nitrogens with two attached hydrogens (primary N) is 1. The maximum absolute atomic E-state index is 5.56. The Morgan fingerprint density at radius 2 is 2.00 bits per heavy atom. The van der Waals surface area contributed by atoms with Crippen molar-refractivity contribution in [2.24, 2.45) is 5.73 Å². The number of halogens is 1. The Labute approximate surface area is 62.8 Å². The molecule has 0 bridgehead atoms. The van der Waals surface area contributed by atoms with E-state index >= 15 is 0 Å². The van der Waals surface area contributed by atoms with Crippen LogP contribution in [-0.2, 0) is 0 Å². The molecule has 1 rings (SSSR count). The van der Waals surface area contributed by atoms with Gasteiger partial charge in [0.25, 0.3) is 0 Å². The van der Waals surface area contributed by atoms with Gasteiger partial charge in [0, 0.05) is 9.28 Å². The molecule has 0 aromatic carbocycles. The second kappa shape index (κ2) is 2.53. The summed E-state index contributed by atoms with van der Waals surface area (Å²) in [5.74, 6) is 0. The molecule has 2 heteroatoms. The van der Waals surface area contributed by atoms with Crippen LogP contribution in [0.25, 0.3) is 0 Å². The molecule has 0 unspecified atom stereocenters. The van der Waals surface area contributed by atoms with Crippen LogP contribution in [0.15, 0.2) is 21.4 Å². The van der Waals surface area contributed by atoms with Crippen molar-refractivity contribution in [1.29, 1.82) is 0 Å². The summed E-state index contributed by atoms with van der Waals surface area (Å²) >= 11 is 2.25. The molecule has 0 spiro atoms. The first-order valence-electron chi connectivity index (χ1n) is 2.62. The van der Waals surface area contributed by atoms with Crippen molar-refractivity contribution in [3.05, 3.63) is 21.4 Å². The molecular formula is C6H8IN. The van der Waals surface area contributed by atoms with Crippen molar-refractivity contribution >= 4 is 22.6 Å². The van der Waals surface area contributed by atoms with Gasteiger partial charge in [0.1, 0.15) is 0 Å². The minimum Gasteiger partial charge on any atom is -0.398 e. The molecule has 0 aromatic rings. The average molecular weight is 221 g/mol. The normalized spacial score (nSPS) is 19.6. The standard InChI is InChI=1S/C6H8IN/c7-5-3-1-2-4-6(5)8/h3-4H,1-2,8H2. The van der Waals surface area contributed by atoms with Crippen LogP contribution in [-0.4, -0.2) is 0 Å². The van der Waals surface area contributed by atoms with Gasteiger partial charge in [-0.1, -0.05) is 12.2 Å². The van der Waals surface area contributed by atoms with Crippen LogP contribution in [0, 0.1) is 0 Å². The van der Waals surface area contributed by atoms with E-state index in [2.05, 4.69) is 34.7 Å². The highest BCUT2D eigenvalue weighted by molar-refractivity contribution is 14.1. The predicted octanol–water partition coefficient (Wildman–Crippen LogP) is 1.94. The Morgan fingerprint density at radius 1 is 1.38 bits per heavy atom. The van der Waals surface area contributed by atoms with Crippen LogP contribution in [0.1, 0.15) is 12.8 Å². The molecule has 0 amide bonds. The monoisotopic (exact) mass is 221 g/mol. The topological polar surface area (TPSA) is 26.0 Å². The van der Waals surface area contributed by atoms with Gasteiger partial charge >= 0.3 is 0 Å². The van der Waals surface area contributed by atoms with Crippen LogP contribution < -0.4 is 5.73 Å². The summed E-state index contributed by atoms with van der Waals surface area (Å²) in [5.41, 5.74) is 6.51. The first kappa shape index (κ1) is 6.13. The van der Waals surface area contributed by atoms with Crippen LogP contribution in [0.5, 0.6) is 0 Å². The summed E-state index contributed by atoms with van der Waals surface area (Å²) in [5, 5.41) is 0. The minimum atomic E-state index is 0.942. The molecule has 0 saturated carbocycles. The molecule has 0 heterocycles. The molecule has 8 heavy (non-hydrogen) atoms. The van der Waals surface area contributed by atoms with Gasteiger partial charge in [0.05, 0.1) is 0 Å². The summed E-state index contributed by atoms with van der Waals surface area (Å²) < 4.78 is 1.20. The van der Waals surface area contributed by atoms with Gasteiger partial charge < -0.3 is 5.73 Å². The predicted molar refractivity (Wildman–Crippen MR) is 43.6 cm³/mol. The Hall–Kier alpha value is 0.01000. The van der Waals surface area contributed by atoms with Gasteiger partial charge in [-0.3, -0.25) is 0 Å². The average Bonchev–Trinajstić information content (AvgIpc) is 1.77. The lowest BCUT2D eigenvalue weighted by Gasteiger charge is -2.03. The maximum Gasteiger partial charge on any atom is 0.0406 e. The highest BCUT2D eigenvalue weighted by Crippen LogP contribution is 2.19. The highest BCUT2D eigenvalue weighted by atomic mass is 127. The van der Waals surface area contributed by atoms with Gasteiger partial charge in [-0.15, -0.1) is 0 Å². The third kappa shape index (κ3) is 1.24. The molecule has 2 N–H and O–H groups in total. The Balaban J connectivity index is 2.73. The number of allylic oxidation sites excluding steroid dienone is 3. The van der Waals surface area contributed by atoms with E-state index in [1.54, 1.807) is 0 Å². The molecule has 0 radical (unpaired) electrons. The smallest absolute Gasteiger partial charge is 0.0406 e. The minimum absolute atomic E-state index is 0.942. The molecule has 1 nitrogen and oxygen atoms in total. The van der Waals surface area contributed by atoms with E-state index < -0.39 is 0 Å². The molecule has 0 atom stereocenters. The lowest BCUT2D eigenvalue weighted by molar-refractivity contribution is 1.01. The SMILES string of the molecule is NC1=CCCC=C1I. The zero-order valence-electron chi connectivity index (χ0n) is 4.52. The highest BCUT2D eigenvalue weighted by Gasteiger charge is 1.98. The third-order valence-corrected chi connectivity index (χ3v) is 2.19. The van der Waals surface area contributed by atoms with Crippen LogP contribution in [0.4, 0.5) is 0 Å². The van der Waals surface area contributed by atoms with Gasteiger partial charge in [-0.2, -0.15) is 0 Å². The number of hydrogen-bond acceptors (Lipinski definition) is 1. The molecule has 0 saturated heterocycles. The maximum atomic E-state index is 5.56. The van der Waals surface area contributed by atoms with Crippen molar-refractivity contribution in [3.63, 3.8) is 0 Å². The summed E-state index contributed by atoms with van der Waals surface area (Å²) in [7, 11) is 0. The Morgan fingerprint density at radius 3 is 2.38 bits per heavy atom. The largest absolute Gasteiger partial charge is 0.398 e. The van der Waals surface area contributed by atoms with Crippen LogP contribution in [0.2, 0.25) is 0 Å². The summed E-state index contributed by atoms with van der Waals surface area (Å²) in [4.78, 5) is 0. The molecule has 44 valence electrons. The second-order valence-corrected chi connectivity index (χ2v) is 2.95. The van der Waals surface area contributed by atoms with E-state index in [1.165, 1.54) is 3.58 Å². The summed E-state index contributed by atoms with van der Waals surface area (Å²) in [6.45, 7) is 0. The van der Waals surface area contributed by atoms with Gasteiger partial charge in [0.2, 0.25) is 0 Å². The van der Waals surface area contributed by atoms with Gasteiger partial charge in [-0.25, -0.2) is 0 Å². The fourth-order valence-electron chi connectivity index (χ4n) is 0.664. The Kier molecular flexibility index (Phi) is 1.94. The number of rotatable bonds is 0. The molecule has 0 aromatic heterocycles. The van der Waals surface area contributed by atoms with Crippen molar-refractivity contribution in [2.75, 3.05) is 0 Å². The van der Waals surface area contributed by atoms with Crippen molar-refractivity contribution in [1.82, 2.24) is 0 Å². The Bertz CT molecular complexity index is 129. The molecule has 1 aliphatic rings. The van der Waals surface area contributed by atoms with Gasteiger partial charge in [0.15, 0.2) is 0 Å². The van der Waals surface area contributed by atoms with Crippen molar-refractivity contribution in [3.8, 4) is 0 Å². The lowest BCUT2D eigenvalue weighted by Crippen LogP contribution is -1.99. The third-order valence-electron chi connectivity index (χ3n) is 1.13. The summed E-state index contributed by atoms with van der Waals surface area (Å²) in [6, 6.07) is 0. The van der Waals surface area contributed by atoms with E-state index in [4.69, 9.17) is 5.73 Å². The fourth-order valence-corrected chi connectivity index (χ4v) is 1.20. The molecular weight excluding hydrogens is 213 g/mol. The first-order valence-corrected chi connectivity index (χ1v) is 3.70. The molecule has 0 fully saturated rings. The van der Waals surface area contributed by atoms with E-state index in [0.717, 1.165) is 18.5 Å². The lowest BCUT2D eigenvalue weighted by atomic mass is 10.2. The molecule has 1 aliphatic carbocycles. The van der Waals surface area contributed by atoms with E-state index in [0.29, 0.717) is 0 Å².